The van der Waals surface area contributed by atoms with Gasteiger partial charge in [0.15, 0.2) is 0 Å². The number of fused-ring (bicyclic) bond motifs is 2. The monoisotopic (exact) mass is 426 g/mol. The van der Waals surface area contributed by atoms with Crippen molar-refractivity contribution < 1.29 is 29.7 Å². The molecule has 2 aliphatic rings. The van der Waals surface area contributed by atoms with Gasteiger partial charge in [-0.25, -0.2) is 9.59 Å². The van der Waals surface area contributed by atoms with E-state index in [-0.39, 0.29) is 12.3 Å². The molecule has 0 aliphatic heterocycles. The van der Waals surface area contributed by atoms with E-state index in [1.54, 1.807) is 24.3 Å². The van der Waals surface area contributed by atoms with Gasteiger partial charge < -0.3 is 26.8 Å². The molecule has 8 nitrogen and oxygen atoms in total. The molecule has 2 aromatic carbocycles. The van der Waals surface area contributed by atoms with Crippen molar-refractivity contribution in [1.82, 2.24) is 0 Å². The Kier molecular flexibility index (Phi) is 5.89. The Bertz CT molecular complexity index is 1040. The molecule has 0 saturated heterocycles. The zero-order chi connectivity index (χ0) is 23.0. The van der Waals surface area contributed by atoms with Gasteiger partial charge in [-0.05, 0) is 41.0 Å². The maximum atomic E-state index is 11.3. The van der Waals surface area contributed by atoms with Crippen LogP contribution in [0.15, 0.2) is 48.5 Å². The highest BCUT2D eigenvalue weighted by Gasteiger charge is 2.49. The van der Waals surface area contributed by atoms with Gasteiger partial charge in [0.1, 0.15) is 11.1 Å². The third-order valence-corrected chi connectivity index (χ3v) is 6.44. The van der Waals surface area contributed by atoms with E-state index in [4.69, 9.17) is 21.7 Å². The number of rotatable bonds is 4. The Morgan fingerprint density at radius 3 is 2.06 bits per heavy atom. The number of carboxylic acids is 3. The summed E-state index contributed by atoms with van der Waals surface area (Å²) in [6.07, 6.45) is 1.46. The Labute approximate surface area is 179 Å². The van der Waals surface area contributed by atoms with E-state index in [1.807, 2.05) is 31.2 Å². The van der Waals surface area contributed by atoms with Gasteiger partial charge in [-0.2, -0.15) is 0 Å². The van der Waals surface area contributed by atoms with Gasteiger partial charge in [-0.1, -0.05) is 61.9 Å². The molecule has 2 unspecified atom stereocenters. The zero-order valence-electron chi connectivity index (χ0n) is 17.1. The molecule has 0 bridgehead atoms. The van der Waals surface area contributed by atoms with Gasteiger partial charge in [0, 0.05) is 0 Å². The average Bonchev–Trinajstić information content (AvgIpc) is 3.23. The zero-order valence-corrected chi connectivity index (χ0v) is 17.1. The maximum absolute atomic E-state index is 11.3. The average molecular weight is 426 g/mol. The summed E-state index contributed by atoms with van der Waals surface area (Å²) in [5.41, 5.74) is 11.8. The van der Waals surface area contributed by atoms with E-state index in [0.717, 1.165) is 24.0 Å². The molecule has 0 radical (unpaired) electrons. The molecular formula is C23H26N2O6. The van der Waals surface area contributed by atoms with E-state index >= 15 is 0 Å². The summed E-state index contributed by atoms with van der Waals surface area (Å²) < 4.78 is 0. The van der Waals surface area contributed by atoms with Gasteiger partial charge in [0.05, 0.1) is 5.92 Å². The van der Waals surface area contributed by atoms with Crippen LogP contribution in [0.1, 0.15) is 47.9 Å². The summed E-state index contributed by atoms with van der Waals surface area (Å²) in [5.74, 6) is -3.98. The first kappa shape index (κ1) is 22.5. The standard InChI is InChI=1S/C12H15NO2.C11H11NO4/c1-2-9-7-8-5-3-4-6-10(8)12(9,13)11(14)15;12-11(10(15)16)5-7(9(13)14)6-3-1-2-4-8(6)11/h3-6,9H,2,7,13H2,1H3,(H,14,15);1-4,7H,5,12H2,(H,13,14)(H,15,16)/t;7-,11-/m.0/s1. The molecule has 0 heterocycles. The van der Waals surface area contributed by atoms with E-state index < -0.39 is 34.9 Å². The second kappa shape index (κ2) is 8.13. The molecule has 4 rings (SSSR count). The molecule has 0 saturated carbocycles. The highest BCUT2D eigenvalue weighted by molar-refractivity contribution is 5.88. The summed E-state index contributed by atoms with van der Waals surface area (Å²) >= 11 is 0. The maximum Gasteiger partial charge on any atom is 0.328 e. The normalized spacial score (nSPS) is 28.1. The Balaban J connectivity index is 0.000000176. The van der Waals surface area contributed by atoms with Crippen LogP contribution in [0.25, 0.3) is 0 Å². The lowest BCUT2D eigenvalue weighted by Crippen LogP contribution is -2.48. The molecule has 0 amide bonds. The lowest BCUT2D eigenvalue weighted by atomic mass is 9.83. The molecule has 31 heavy (non-hydrogen) atoms. The van der Waals surface area contributed by atoms with Gasteiger partial charge >= 0.3 is 17.9 Å². The molecule has 4 atom stereocenters. The first-order valence-electron chi connectivity index (χ1n) is 10.0. The first-order chi connectivity index (χ1) is 14.6. The molecule has 0 aromatic heterocycles. The van der Waals surface area contributed by atoms with Crippen LogP contribution in [0.2, 0.25) is 0 Å². The molecule has 7 N–H and O–H groups in total. The summed E-state index contributed by atoms with van der Waals surface area (Å²) in [4.78, 5) is 33.5. The molecule has 2 aliphatic carbocycles. The summed E-state index contributed by atoms with van der Waals surface area (Å²) in [7, 11) is 0. The molecule has 164 valence electrons. The van der Waals surface area contributed by atoms with Crippen LogP contribution in [0.5, 0.6) is 0 Å². The number of carboxylic acid groups (broad SMARTS) is 3. The Hall–Kier alpha value is -3.23. The van der Waals surface area contributed by atoms with Gasteiger partial charge in [0.25, 0.3) is 0 Å². The van der Waals surface area contributed by atoms with Gasteiger partial charge in [0.2, 0.25) is 0 Å². The van der Waals surface area contributed by atoms with Crippen molar-refractivity contribution in [3.05, 3.63) is 70.8 Å². The summed E-state index contributed by atoms with van der Waals surface area (Å²) in [5, 5.41) is 27.4. The lowest BCUT2D eigenvalue weighted by Gasteiger charge is -2.26. The number of nitrogens with two attached hydrogens (primary N) is 2. The third-order valence-electron chi connectivity index (χ3n) is 6.44. The smallest absolute Gasteiger partial charge is 0.328 e. The van der Waals surface area contributed by atoms with E-state index in [2.05, 4.69) is 0 Å². The Morgan fingerprint density at radius 2 is 1.52 bits per heavy atom. The minimum Gasteiger partial charge on any atom is -0.481 e. The second-order valence-electron chi connectivity index (χ2n) is 8.10. The number of hydrogen-bond acceptors (Lipinski definition) is 5. The second-order valence-corrected chi connectivity index (χ2v) is 8.10. The number of hydrogen-bond donors (Lipinski definition) is 5. The fraction of sp³-hybridized carbons (Fsp3) is 0.348. The Morgan fingerprint density at radius 1 is 0.935 bits per heavy atom. The van der Waals surface area contributed by atoms with E-state index in [1.165, 1.54) is 0 Å². The van der Waals surface area contributed by atoms with Crippen molar-refractivity contribution in [3.8, 4) is 0 Å². The fourth-order valence-corrected chi connectivity index (χ4v) is 4.68. The predicted octanol–water partition coefficient (Wildman–Crippen LogP) is 2.00. The topological polar surface area (TPSA) is 164 Å². The quantitative estimate of drug-likeness (QED) is 0.495. The van der Waals surface area contributed by atoms with E-state index in [0.29, 0.717) is 11.1 Å². The highest BCUT2D eigenvalue weighted by Crippen LogP contribution is 2.43. The van der Waals surface area contributed by atoms with Crippen LogP contribution < -0.4 is 11.5 Å². The van der Waals surface area contributed by atoms with Crippen LogP contribution in [0.3, 0.4) is 0 Å². The van der Waals surface area contributed by atoms with E-state index in [9.17, 15) is 19.5 Å². The number of benzene rings is 2. The highest BCUT2D eigenvalue weighted by atomic mass is 16.4. The molecular weight excluding hydrogens is 400 g/mol. The van der Waals surface area contributed by atoms with Crippen molar-refractivity contribution in [2.75, 3.05) is 0 Å². The summed E-state index contributed by atoms with van der Waals surface area (Å²) in [6.45, 7) is 1.99. The van der Waals surface area contributed by atoms with Crippen molar-refractivity contribution in [2.24, 2.45) is 17.4 Å². The van der Waals surface area contributed by atoms with Gasteiger partial charge in [-0.3, -0.25) is 4.79 Å². The fourth-order valence-electron chi connectivity index (χ4n) is 4.68. The minimum absolute atomic E-state index is 0.00685. The van der Waals surface area contributed by atoms with Crippen LogP contribution >= 0.6 is 0 Å². The summed E-state index contributed by atoms with van der Waals surface area (Å²) in [6, 6.07) is 14.1. The molecule has 2 aromatic rings. The van der Waals surface area contributed by atoms with Crippen molar-refractivity contribution in [2.45, 2.75) is 43.2 Å². The molecule has 8 heteroatoms. The van der Waals surface area contributed by atoms with Crippen LogP contribution in [-0.4, -0.2) is 33.2 Å². The number of aliphatic carboxylic acids is 3. The first-order valence-corrected chi connectivity index (χ1v) is 10.0. The van der Waals surface area contributed by atoms with Crippen LogP contribution in [0, 0.1) is 5.92 Å². The molecule has 0 spiro atoms. The lowest BCUT2D eigenvalue weighted by molar-refractivity contribution is -0.146. The number of carbonyl (C=O) groups is 3. The third kappa shape index (κ3) is 3.58. The van der Waals surface area contributed by atoms with Gasteiger partial charge in [-0.15, -0.1) is 0 Å². The van der Waals surface area contributed by atoms with Crippen molar-refractivity contribution in [1.29, 1.82) is 0 Å². The SMILES string of the molecule is CCC1Cc2ccccc2C1(N)C(=O)O.N[C@@]1(C(=O)O)C[C@H](C(=O)O)c2ccccc21. The van der Waals surface area contributed by atoms with Crippen molar-refractivity contribution in [3.63, 3.8) is 0 Å². The molecule has 0 fully saturated rings. The largest absolute Gasteiger partial charge is 0.481 e. The predicted molar refractivity (Wildman–Crippen MR) is 112 cm³/mol. The van der Waals surface area contributed by atoms with Crippen molar-refractivity contribution >= 4 is 17.9 Å². The van der Waals surface area contributed by atoms with Crippen LogP contribution in [-0.2, 0) is 31.9 Å². The van der Waals surface area contributed by atoms with Crippen LogP contribution in [0.4, 0.5) is 0 Å². The minimum atomic E-state index is -1.58.